The molecule has 0 aliphatic carbocycles. The largest absolute Gasteiger partial charge is 0.361 e. The van der Waals surface area contributed by atoms with Crippen molar-refractivity contribution >= 4 is 22.8 Å². The maximum Gasteiger partial charge on any atom is 0.290 e. The molecule has 0 amide bonds. The summed E-state index contributed by atoms with van der Waals surface area (Å²) >= 11 is 1.58. The Morgan fingerprint density at radius 2 is 2.11 bits per heavy atom. The quantitative estimate of drug-likeness (QED) is 0.686. The molecule has 2 heterocycles. The second-order valence-electron chi connectivity index (χ2n) is 4.25. The Balaban J connectivity index is 2.15. The van der Waals surface area contributed by atoms with Crippen molar-refractivity contribution in [3.63, 3.8) is 0 Å². The van der Waals surface area contributed by atoms with E-state index in [2.05, 4.69) is 15.3 Å². The number of aryl methyl sites for hydroxylation is 2. The molecule has 2 rings (SSSR count). The van der Waals surface area contributed by atoms with E-state index in [0.717, 1.165) is 10.7 Å². The van der Waals surface area contributed by atoms with Crippen LogP contribution in [0, 0.1) is 24.0 Å². The summed E-state index contributed by atoms with van der Waals surface area (Å²) in [6.07, 6.45) is 0. The van der Waals surface area contributed by atoms with E-state index >= 15 is 0 Å². The maximum absolute atomic E-state index is 10.7. The van der Waals surface area contributed by atoms with E-state index in [1.807, 2.05) is 19.2 Å². The highest BCUT2D eigenvalue weighted by atomic mass is 32.1. The number of hydrogen-bond acceptors (Lipinski definition) is 6. The van der Waals surface area contributed by atoms with Gasteiger partial charge < -0.3 is 5.32 Å². The Morgan fingerprint density at radius 3 is 2.63 bits per heavy atom. The van der Waals surface area contributed by atoms with Crippen LogP contribution < -0.4 is 5.32 Å². The molecular weight excluding hydrogens is 264 g/mol. The van der Waals surface area contributed by atoms with Crippen LogP contribution in [0.1, 0.15) is 29.4 Å². The molecule has 0 aliphatic heterocycles. The third-order valence-electron chi connectivity index (χ3n) is 2.63. The van der Waals surface area contributed by atoms with Gasteiger partial charge in [-0.3, -0.25) is 10.1 Å². The fourth-order valence-electron chi connectivity index (χ4n) is 1.68. The van der Waals surface area contributed by atoms with Crippen molar-refractivity contribution in [1.82, 2.24) is 9.97 Å². The lowest BCUT2D eigenvalue weighted by molar-refractivity contribution is -0.385. The lowest BCUT2D eigenvalue weighted by atomic mass is 10.3. The fourth-order valence-corrected chi connectivity index (χ4v) is 2.49. The maximum atomic E-state index is 10.7. The standard InChI is InChI=1S/C12H14N4O2S/c1-7-6-19-12(13-7)9(3)15-11-5-4-10(16(17)18)8(2)14-11/h4-6,9H,1-3H3,(H,14,15). The Morgan fingerprint density at radius 1 is 1.37 bits per heavy atom. The average molecular weight is 278 g/mol. The number of nitrogens with zero attached hydrogens (tertiary/aromatic N) is 3. The van der Waals surface area contributed by atoms with Crippen molar-refractivity contribution in [1.29, 1.82) is 0 Å². The Labute approximate surface area is 114 Å². The van der Waals surface area contributed by atoms with Gasteiger partial charge in [0.05, 0.1) is 11.0 Å². The van der Waals surface area contributed by atoms with Gasteiger partial charge >= 0.3 is 0 Å². The molecule has 2 aromatic heterocycles. The number of aromatic nitrogens is 2. The number of nitrogens with one attached hydrogen (secondary N) is 1. The number of pyridine rings is 1. The molecule has 7 heteroatoms. The highest BCUT2D eigenvalue weighted by molar-refractivity contribution is 7.09. The number of anilines is 1. The minimum atomic E-state index is -0.431. The molecule has 0 aliphatic rings. The third-order valence-corrected chi connectivity index (χ3v) is 3.77. The lowest BCUT2D eigenvalue weighted by Gasteiger charge is -2.12. The van der Waals surface area contributed by atoms with Crippen LogP contribution >= 0.6 is 11.3 Å². The van der Waals surface area contributed by atoms with Gasteiger partial charge in [0.15, 0.2) is 0 Å². The Hall–Kier alpha value is -2.02. The van der Waals surface area contributed by atoms with E-state index in [4.69, 9.17) is 0 Å². The van der Waals surface area contributed by atoms with Crippen LogP contribution in [-0.2, 0) is 0 Å². The van der Waals surface area contributed by atoms with E-state index in [9.17, 15) is 10.1 Å². The zero-order chi connectivity index (χ0) is 14.0. The molecule has 1 atom stereocenters. The molecule has 0 fully saturated rings. The van der Waals surface area contributed by atoms with Gasteiger partial charge in [-0.25, -0.2) is 9.97 Å². The van der Waals surface area contributed by atoms with Gasteiger partial charge in [-0.05, 0) is 26.8 Å². The second kappa shape index (κ2) is 5.31. The summed E-state index contributed by atoms with van der Waals surface area (Å²) < 4.78 is 0. The van der Waals surface area contributed by atoms with Gasteiger partial charge in [0.2, 0.25) is 0 Å². The molecule has 100 valence electrons. The van der Waals surface area contributed by atoms with Crippen LogP contribution in [0.15, 0.2) is 17.5 Å². The van der Waals surface area contributed by atoms with Gasteiger partial charge in [-0.15, -0.1) is 11.3 Å². The SMILES string of the molecule is Cc1csc(C(C)Nc2ccc([N+](=O)[O-])c(C)n2)n1. The number of nitro groups is 1. The lowest BCUT2D eigenvalue weighted by Crippen LogP contribution is -2.08. The first-order valence-electron chi connectivity index (χ1n) is 5.78. The molecular formula is C12H14N4O2S. The highest BCUT2D eigenvalue weighted by Crippen LogP contribution is 2.23. The second-order valence-corrected chi connectivity index (χ2v) is 5.14. The predicted molar refractivity (Wildman–Crippen MR) is 74.5 cm³/mol. The first-order chi connectivity index (χ1) is 8.97. The summed E-state index contributed by atoms with van der Waals surface area (Å²) in [4.78, 5) is 18.9. The number of rotatable bonds is 4. The van der Waals surface area contributed by atoms with Gasteiger partial charge in [0, 0.05) is 17.1 Å². The van der Waals surface area contributed by atoms with E-state index in [1.165, 1.54) is 6.07 Å². The van der Waals surface area contributed by atoms with Crippen LogP contribution in [0.25, 0.3) is 0 Å². The molecule has 0 aromatic carbocycles. The molecule has 0 saturated heterocycles. The smallest absolute Gasteiger partial charge is 0.290 e. The zero-order valence-corrected chi connectivity index (χ0v) is 11.7. The number of thiazole rings is 1. The van der Waals surface area contributed by atoms with E-state index in [-0.39, 0.29) is 11.7 Å². The van der Waals surface area contributed by atoms with Crippen molar-refractivity contribution in [2.24, 2.45) is 0 Å². The summed E-state index contributed by atoms with van der Waals surface area (Å²) in [6, 6.07) is 3.10. The van der Waals surface area contributed by atoms with Crippen molar-refractivity contribution in [2.45, 2.75) is 26.8 Å². The molecule has 0 saturated carbocycles. The summed E-state index contributed by atoms with van der Waals surface area (Å²) in [6.45, 7) is 5.55. The summed E-state index contributed by atoms with van der Waals surface area (Å²) in [5, 5.41) is 16.9. The van der Waals surface area contributed by atoms with Crippen LogP contribution in [0.4, 0.5) is 11.5 Å². The average Bonchev–Trinajstić information content (AvgIpc) is 2.75. The normalized spacial score (nSPS) is 12.2. The molecule has 1 N–H and O–H groups in total. The van der Waals surface area contributed by atoms with Gasteiger partial charge in [0.25, 0.3) is 5.69 Å². The summed E-state index contributed by atoms with van der Waals surface area (Å²) in [7, 11) is 0. The van der Waals surface area contributed by atoms with Crippen molar-refractivity contribution in [3.05, 3.63) is 44.0 Å². The first-order valence-corrected chi connectivity index (χ1v) is 6.66. The predicted octanol–water partition coefficient (Wildman–Crippen LogP) is 3.24. The molecule has 0 radical (unpaired) electrons. The van der Waals surface area contributed by atoms with Gasteiger partial charge in [0.1, 0.15) is 16.5 Å². The molecule has 0 spiro atoms. The van der Waals surface area contributed by atoms with Crippen LogP contribution in [-0.4, -0.2) is 14.9 Å². The third kappa shape index (κ3) is 3.05. The van der Waals surface area contributed by atoms with Gasteiger partial charge in [-0.2, -0.15) is 0 Å². The number of hydrogen-bond donors (Lipinski definition) is 1. The summed E-state index contributed by atoms with van der Waals surface area (Å²) in [5.74, 6) is 0.614. The molecule has 19 heavy (non-hydrogen) atoms. The molecule has 6 nitrogen and oxygen atoms in total. The molecule has 0 bridgehead atoms. The van der Waals surface area contributed by atoms with Crippen LogP contribution in [0.5, 0.6) is 0 Å². The van der Waals surface area contributed by atoms with Crippen molar-refractivity contribution < 1.29 is 4.92 Å². The minimum absolute atomic E-state index is 0.0204. The zero-order valence-electron chi connectivity index (χ0n) is 10.9. The fraction of sp³-hybridized carbons (Fsp3) is 0.333. The highest BCUT2D eigenvalue weighted by Gasteiger charge is 2.14. The van der Waals surface area contributed by atoms with Crippen molar-refractivity contribution in [2.75, 3.05) is 5.32 Å². The minimum Gasteiger partial charge on any atom is -0.361 e. The van der Waals surface area contributed by atoms with Crippen molar-refractivity contribution in [3.8, 4) is 0 Å². The van der Waals surface area contributed by atoms with Crippen LogP contribution in [0.3, 0.4) is 0 Å². The Bertz CT molecular complexity index is 612. The summed E-state index contributed by atoms with van der Waals surface area (Å²) in [5.41, 5.74) is 1.42. The topological polar surface area (TPSA) is 81.0 Å². The van der Waals surface area contributed by atoms with E-state index in [0.29, 0.717) is 11.5 Å². The molecule has 2 aromatic rings. The van der Waals surface area contributed by atoms with E-state index < -0.39 is 4.92 Å². The van der Waals surface area contributed by atoms with Gasteiger partial charge in [-0.1, -0.05) is 0 Å². The monoisotopic (exact) mass is 278 g/mol. The molecule has 1 unspecified atom stereocenters. The first kappa shape index (κ1) is 13.4. The van der Waals surface area contributed by atoms with E-state index in [1.54, 1.807) is 24.3 Å². The van der Waals surface area contributed by atoms with Crippen LogP contribution in [0.2, 0.25) is 0 Å². The Kier molecular flexibility index (Phi) is 3.75.